The minimum atomic E-state index is -3.47. The Kier molecular flexibility index (Phi) is 3.66. The van der Waals surface area contributed by atoms with Gasteiger partial charge in [-0.3, -0.25) is 9.69 Å². The largest absolute Gasteiger partial charge is 0.326 e. The molecule has 3 aliphatic rings. The molecule has 7 heteroatoms. The molecule has 1 atom stereocenters. The number of rotatable bonds is 3. The summed E-state index contributed by atoms with van der Waals surface area (Å²) in [4.78, 5) is 14.1. The van der Waals surface area contributed by atoms with E-state index in [9.17, 15) is 13.2 Å². The summed E-state index contributed by atoms with van der Waals surface area (Å²) in [5, 5.41) is 2.74. The summed E-state index contributed by atoms with van der Waals surface area (Å²) in [7, 11) is -3.47. The third kappa shape index (κ3) is 2.66. The van der Waals surface area contributed by atoms with Crippen LogP contribution in [0.25, 0.3) is 0 Å². The average Bonchev–Trinajstić information content (AvgIpc) is 3.25. The van der Waals surface area contributed by atoms with Crippen LogP contribution in [0.5, 0.6) is 0 Å². The van der Waals surface area contributed by atoms with E-state index in [2.05, 4.69) is 10.2 Å². The maximum atomic E-state index is 12.9. The van der Waals surface area contributed by atoms with Crippen molar-refractivity contribution in [3.63, 3.8) is 0 Å². The van der Waals surface area contributed by atoms with Crippen molar-refractivity contribution in [1.82, 2.24) is 9.21 Å². The fourth-order valence-electron chi connectivity index (χ4n) is 3.85. The summed E-state index contributed by atoms with van der Waals surface area (Å²) in [5.41, 5.74) is 1.50. The molecule has 0 aromatic heterocycles. The predicted octanol–water partition coefficient (Wildman–Crippen LogP) is 1.04. The summed E-state index contributed by atoms with van der Waals surface area (Å²) in [6, 6.07) is 5.29. The molecule has 2 saturated heterocycles. The van der Waals surface area contributed by atoms with Crippen LogP contribution >= 0.6 is 0 Å². The number of benzene rings is 1. The molecule has 4 rings (SSSR count). The zero-order chi connectivity index (χ0) is 16.0. The molecule has 1 aromatic carbocycles. The first kappa shape index (κ1) is 15.1. The Morgan fingerprint density at radius 2 is 1.91 bits per heavy atom. The predicted molar refractivity (Wildman–Crippen MR) is 86.7 cm³/mol. The van der Waals surface area contributed by atoms with Crippen molar-refractivity contribution in [2.24, 2.45) is 0 Å². The lowest BCUT2D eigenvalue weighted by atomic mass is 10.2. The Labute approximate surface area is 136 Å². The fourth-order valence-corrected chi connectivity index (χ4v) is 5.39. The number of sulfonamides is 1. The van der Waals surface area contributed by atoms with Gasteiger partial charge in [0.25, 0.3) is 0 Å². The van der Waals surface area contributed by atoms with Gasteiger partial charge in [-0.25, -0.2) is 8.42 Å². The van der Waals surface area contributed by atoms with Crippen LogP contribution in [0, 0.1) is 0 Å². The highest BCUT2D eigenvalue weighted by molar-refractivity contribution is 7.89. The molecule has 1 unspecified atom stereocenters. The topological polar surface area (TPSA) is 69.7 Å². The first-order valence-corrected chi connectivity index (χ1v) is 9.65. The summed E-state index contributed by atoms with van der Waals surface area (Å²) >= 11 is 0. The van der Waals surface area contributed by atoms with E-state index in [1.54, 1.807) is 22.5 Å². The van der Waals surface area contributed by atoms with E-state index >= 15 is 0 Å². The van der Waals surface area contributed by atoms with Gasteiger partial charge in [-0.2, -0.15) is 4.31 Å². The molecule has 0 saturated carbocycles. The maximum Gasteiger partial charge on any atom is 0.243 e. The Hall–Kier alpha value is -1.44. The smallest absolute Gasteiger partial charge is 0.243 e. The number of fused-ring (bicyclic) bond motifs is 1. The quantitative estimate of drug-likeness (QED) is 0.896. The first-order valence-electron chi connectivity index (χ1n) is 8.21. The molecule has 3 aliphatic heterocycles. The molecule has 124 valence electrons. The minimum absolute atomic E-state index is 0.0789. The Morgan fingerprint density at radius 1 is 1.13 bits per heavy atom. The molecule has 1 N–H and O–H groups in total. The van der Waals surface area contributed by atoms with Crippen LogP contribution in [-0.4, -0.2) is 55.8 Å². The van der Waals surface area contributed by atoms with Gasteiger partial charge in [-0.15, -0.1) is 0 Å². The number of carbonyl (C=O) groups is 1. The molecule has 0 radical (unpaired) electrons. The SMILES string of the molecule is O=C1Cc2cc(S(=O)(=O)N3CCC(N4CCCC4)C3)ccc2N1. The maximum absolute atomic E-state index is 12.9. The molecule has 0 bridgehead atoms. The number of hydrogen-bond acceptors (Lipinski definition) is 4. The fraction of sp³-hybridized carbons (Fsp3) is 0.562. The lowest BCUT2D eigenvalue weighted by Crippen LogP contribution is -2.37. The van der Waals surface area contributed by atoms with Crippen LogP contribution in [0.4, 0.5) is 5.69 Å². The number of likely N-dealkylation sites (tertiary alicyclic amines) is 1. The number of nitrogens with zero attached hydrogens (tertiary/aromatic N) is 2. The second-order valence-electron chi connectivity index (χ2n) is 6.59. The van der Waals surface area contributed by atoms with Crippen LogP contribution in [0.3, 0.4) is 0 Å². The number of hydrogen-bond donors (Lipinski definition) is 1. The van der Waals surface area contributed by atoms with E-state index in [-0.39, 0.29) is 12.3 Å². The van der Waals surface area contributed by atoms with E-state index in [1.807, 2.05) is 0 Å². The highest BCUT2D eigenvalue weighted by Crippen LogP contribution is 2.30. The van der Waals surface area contributed by atoms with Crippen molar-refractivity contribution in [1.29, 1.82) is 0 Å². The van der Waals surface area contributed by atoms with Crippen LogP contribution < -0.4 is 5.32 Å². The summed E-state index contributed by atoms with van der Waals surface area (Å²) in [5.74, 6) is -0.0789. The van der Waals surface area contributed by atoms with E-state index < -0.39 is 10.0 Å². The monoisotopic (exact) mass is 335 g/mol. The van der Waals surface area contributed by atoms with Crippen molar-refractivity contribution in [2.45, 2.75) is 36.6 Å². The molecular formula is C16H21N3O3S. The minimum Gasteiger partial charge on any atom is -0.326 e. The lowest BCUT2D eigenvalue weighted by molar-refractivity contribution is -0.115. The summed E-state index contributed by atoms with van der Waals surface area (Å²) in [6.45, 7) is 3.34. The van der Waals surface area contributed by atoms with Gasteiger partial charge in [-0.05, 0) is 56.1 Å². The number of nitrogens with one attached hydrogen (secondary N) is 1. The number of anilines is 1. The van der Waals surface area contributed by atoms with Crippen molar-refractivity contribution < 1.29 is 13.2 Å². The van der Waals surface area contributed by atoms with Crippen molar-refractivity contribution in [2.75, 3.05) is 31.5 Å². The van der Waals surface area contributed by atoms with Crippen LogP contribution in [0.1, 0.15) is 24.8 Å². The van der Waals surface area contributed by atoms with E-state index in [1.165, 1.54) is 12.8 Å². The standard InChI is InChI=1S/C16H21N3O3S/c20-16-10-12-9-14(3-4-15(12)17-16)23(21,22)19-8-5-13(11-19)18-6-1-2-7-18/h3-4,9,13H,1-2,5-8,10-11H2,(H,17,20). The van der Waals surface area contributed by atoms with Gasteiger partial charge in [0.1, 0.15) is 0 Å². The van der Waals surface area contributed by atoms with E-state index in [4.69, 9.17) is 0 Å². The second-order valence-corrected chi connectivity index (χ2v) is 8.53. The van der Waals surface area contributed by atoms with Crippen molar-refractivity contribution in [3.8, 4) is 0 Å². The summed E-state index contributed by atoms with van der Waals surface area (Å²) < 4.78 is 27.4. The van der Waals surface area contributed by atoms with Crippen molar-refractivity contribution in [3.05, 3.63) is 23.8 Å². The molecule has 0 aliphatic carbocycles. The van der Waals surface area contributed by atoms with Gasteiger partial charge >= 0.3 is 0 Å². The van der Waals surface area contributed by atoms with E-state index in [0.717, 1.165) is 30.8 Å². The second kappa shape index (κ2) is 5.58. The molecule has 1 aromatic rings. The Bertz CT molecular complexity index is 741. The zero-order valence-corrected chi connectivity index (χ0v) is 13.8. The molecule has 1 amide bonds. The third-order valence-corrected chi connectivity index (χ3v) is 6.98. The molecule has 3 heterocycles. The Morgan fingerprint density at radius 3 is 2.70 bits per heavy atom. The summed E-state index contributed by atoms with van der Waals surface area (Å²) in [6.07, 6.45) is 3.60. The molecule has 6 nitrogen and oxygen atoms in total. The van der Waals surface area contributed by atoms with Crippen LogP contribution in [0.15, 0.2) is 23.1 Å². The molecule has 0 spiro atoms. The van der Waals surface area contributed by atoms with Gasteiger partial charge < -0.3 is 5.32 Å². The zero-order valence-electron chi connectivity index (χ0n) is 13.0. The van der Waals surface area contributed by atoms with Gasteiger partial charge in [0.2, 0.25) is 15.9 Å². The van der Waals surface area contributed by atoms with Crippen LogP contribution in [-0.2, 0) is 21.2 Å². The number of carbonyl (C=O) groups excluding carboxylic acids is 1. The highest BCUT2D eigenvalue weighted by Gasteiger charge is 2.36. The molecule has 2 fully saturated rings. The number of amides is 1. The van der Waals surface area contributed by atoms with Crippen LogP contribution in [0.2, 0.25) is 0 Å². The Balaban J connectivity index is 1.54. The third-order valence-electron chi connectivity index (χ3n) is 5.12. The van der Waals surface area contributed by atoms with Gasteiger partial charge in [0, 0.05) is 24.8 Å². The van der Waals surface area contributed by atoms with Crippen molar-refractivity contribution >= 4 is 21.6 Å². The van der Waals surface area contributed by atoms with E-state index in [0.29, 0.717) is 24.0 Å². The molecular weight excluding hydrogens is 314 g/mol. The first-order chi connectivity index (χ1) is 11.0. The average molecular weight is 335 g/mol. The van der Waals surface area contributed by atoms with Gasteiger partial charge in [-0.1, -0.05) is 0 Å². The molecule has 23 heavy (non-hydrogen) atoms. The normalized spacial score (nSPS) is 25.7. The van der Waals surface area contributed by atoms with Gasteiger partial charge in [0.05, 0.1) is 11.3 Å². The highest BCUT2D eigenvalue weighted by atomic mass is 32.2. The van der Waals surface area contributed by atoms with Gasteiger partial charge in [0.15, 0.2) is 0 Å². The lowest BCUT2D eigenvalue weighted by Gasteiger charge is -2.23.